The van der Waals surface area contributed by atoms with Gasteiger partial charge in [0.25, 0.3) is 0 Å². The molecule has 4 heteroatoms. The van der Waals surface area contributed by atoms with Crippen molar-refractivity contribution < 1.29 is 4.39 Å². The van der Waals surface area contributed by atoms with E-state index < -0.39 is 5.82 Å². The predicted octanol–water partition coefficient (Wildman–Crippen LogP) is 3.13. The van der Waals surface area contributed by atoms with Gasteiger partial charge in [-0.2, -0.15) is 0 Å². The van der Waals surface area contributed by atoms with Crippen LogP contribution >= 0.6 is 11.6 Å². The second-order valence-corrected chi connectivity index (χ2v) is 4.35. The van der Waals surface area contributed by atoms with Crippen molar-refractivity contribution in [1.82, 2.24) is 4.57 Å². The van der Waals surface area contributed by atoms with Crippen molar-refractivity contribution in [2.45, 2.75) is 6.54 Å². The fourth-order valence-electron chi connectivity index (χ4n) is 2.06. The number of aromatic nitrogens is 1. The van der Waals surface area contributed by atoms with Crippen LogP contribution in [-0.4, -0.2) is 16.8 Å². The lowest BCUT2D eigenvalue weighted by atomic mass is 10.1. The average Bonchev–Trinajstić information content (AvgIpc) is 2.80. The van der Waals surface area contributed by atoms with Gasteiger partial charge in [0.2, 0.25) is 0 Å². The van der Waals surface area contributed by atoms with Gasteiger partial charge in [0.1, 0.15) is 5.82 Å². The van der Waals surface area contributed by atoms with Crippen molar-refractivity contribution in [3.63, 3.8) is 0 Å². The minimum absolute atomic E-state index is 0.139. The van der Waals surface area contributed by atoms with Crippen molar-refractivity contribution in [2.75, 3.05) is 6.54 Å². The number of hydrogen-bond donors (Lipinski definition) is 0. The zero-order valence-electron chi connectivity index (χ0n) is 9.03. The molecule has 3 rings (SSSR count). The van der Waals surface area contributed by atoms with Gasteiger partial charge in [0.15, 0.2) is 0 Å². The van der Waals surface area contributed by atoms with Crippen LogP contribution in [0.25, 0.3) is 0 Å². The molecule has 1 aliphatic heterocycles. The molecule has 1 aromatic carbocycles. The number of hydrogen-bond acceptors (Lipinski definition) is 1. The molecule has 0 amide bonds. The smallest absolute Gasteiger partial charge is 0.142 e. The van der Waals surface area contributed by atoms with Crippen LogP contribution in [0.2, 0.25) is 5.02 Å². The lowest BCUT2D eigenvalue weighted by Gasteiger charge is -2.16. The summed E-state index contributed by atoms with van der Waals surface area (Å²) in [6.45, 7) is 1.60. The van der Waals surface area contributed by atoms with E-state index in [1.165, 1.54) is 6.07 Å². The van der Waals surface area contributed by atoms with Crippen LogP contribution in [0.3, 0.4) is 0 Å². The number of aliphatic imine (C=N–C) groups is 1. The fraction of sp³-hybridized carbons (Fsp3) is 0.154. The molecule has 0 saturated carbocycles. The van der Waals surface area contributed by atoms with E-state index in [0.717, 1.165) is 30.1 Å². The molecule has 0 saturated heterocycles. The lowest BCUT2D eigenvalue weighted by molar-refractivity contribution is 0.627. The number of fused-ring (bicyclic) bond motifs is 1. The minimum atomic E-state index is -0.407. The molecule has 0 N–H and O–H groups in total. The third kappa shape index (κ3) is 1.76. The molecule has 0 fully saturated rings. The molecule has 0 radical (unpaired) electrons. The zero-order chi connectivity index (χ0) is 11.8. The maximum atomic E-state index is 13.4. The SMILES string of the molecule is Fc1cc(C2=NCCn3cccc32)ccc1Cl. The van der Waals surface area contributed by atoms with Crippen LogP contribution < -0.4 is 0 Å². The van der Waals surface area contributed by atoms with Gasteiger partial charge in [0.05, 0.1) is 23.0 Å². The van der Waals surface area contributed by atoms with E-state index >= 15 is 0 Å². The highest BCUT2D eigenvalue weighted by Gasteiger charge is 2.15. The van der Waals surface area contributed by atoms with Crippen molar-refractivity contribution >= 4 is 17.3 Å². The predicted molar refractivity (Wildman–Crippen MR) is 66.3 cm³/mol. The van der Waals surface area contributed by atoms with Crippen molar-refractivity contribution in [3.05, 3.63) is 58.6 Å². The Hall–Kier alpha value is -1.61. The Bertz CT molecular complexity index is 601. The summed E-state index contributed by atoms with van der Waals surface area (Å²) in [5.41, 5.74) is 2.63. The Morgan fingerprint density at radius 2 is 2.18 bits per heavy atom. The summed E-state index contributed by atoms with van der Waals surface area (Å²) in [6, 6.07) is 8.76. The lowest BCUT2D eigenvalue weighted by Crippen LogP contribution is -2.18. The molecule has 0 bridgehead atoms. The highest BCUT2D eigenvalue weighted by Crippen LogP contribution is 2.20. The number of halogens is 2. The zero-order valence-corrected chi connectivity index (χ0v) is 9.78. The van der Waals surface area contributed by atoms with Gasteiger partial charge >= 0.3 is 0 Å². The monoisotopic (exact) mass is 248 g/mol. The Labute approximate surface area is 103 Å². The molecule has 0 atom stereocenters. The summed E-state index contributed by atoms with van der Waals surface area (Å²) in [4.78, 5) is 4.47. The Kier molecular flexibility index (Phi) is 2.48. The first-order valence-electron chi connectivity index (χ1n) is 5.41. The first-order chi connectivity index (χ1) is 8.25. The van der Waals surface area contributed by atoms with E-state index in [4.69, 9.17) is 11.6 Å². The Morgan fingerprint density at radius 1 is 1.29 bits per heavy atom. The third-order valence-corrected chi connectivity index (χ3v) is 3.18. The van der Waals surface area contributed by atoms with E-state index in [1.807, 2.05) is 18.3 Å². The van der Waals surface area contributed by atoms with Gasteiger partial charge in [-0.05, 0) is 24.3 Å². The highest BCUT2D eigenvalue weighted by molar-refractivity contribution is 6.31. The van der Waals surface area contributed by atoms with Crippen LogP contribution in [0.5, 0.6) is 0 Å². The average molecular weight is 249 g/mol. The number of nitrogens with zero attached hydrogens (tertiary/aromatic N) is 2. The van der Waals surface area contributed by atoms with Gasteiger partial charge in [-0.25, -0.2) is 4.39 Å². The minimum Gasteiger partial charge on any atom is -0.344 e. The molecule has 2 heterocycles. The van der Waals surface area contributed by atoms with Crippen molar-refractivity contribution in [1.29, 1.82) is 0 Å². The Morgan fingerprint density at radius 3 is 3.00 bits per heavy atom. The van der Waals surface area contributed by atoms with Crippen LogP contribution in [0.1, 0.15) is 11.3 Å². The largest absolute Gasteiger partial charge is 0.344 e. The molecule has 86 valence electrons. The molecule has 0 spiro atoms. The normalized spacial score (nSPS) is 14.4. The van der Waals surface area contributed by atoms with Crippen molar-refractivity contribution in [2.24, 2.45) is 4.99 Å². The molecule has 0 unspecified atom stereocenters. The van der Waals surface area contributed by atoms with Crippen LogP contribution in [0, 0.1) is 5.82 Å². The maximum Gasteiger partial charge on any atom is 0.142 e. The van der Waals surface area contributed by atoms with Crippen molar-refractivity contribution in [3.8, 4) is 0 Å². The molecule has 1 aliphatic rings. The van der Waals surface area contributed by atoms with E-state index in [1.54, 1.807) is 12.1 Å². The summed E-state index contributed by atoms with van der Waals surface area (Å²) in [6.07, 6.45) is 2.01. The third-order valence-electron chi connectivity index (χ3n) is 2.88. The van der Waals surface area contributed by atoms with Gasteiger partial charge in [-0.3, -0.25) is 4.99 Å². The number of rotatable bonds is 1. The second kappa shape index (κ2) is 4.00. The second-order valence-electron chi connectivity index (χ2n) is 3.95. The van der Waals surface area contributed by atoms with Gasteiger partial charge in [-0.1, -0.05) is 17.7 Å². The number of benzene rings is 1. The summed E-state index contributed by atoms with van der Waals surface area (Å²) in [7, 11) is 0. The van der Waals surface area contributed by atoms with Gasteiger partial charge in [0, 0.05) is 18.3 Å². The maximum absolute atomic E-state index is 13.4. The fourth-order valence-corrected chi connectivity index (χ4v) is 2.17. The topological polar surface area (TPSA) is 17.3 Å². The first-order valence-corrected chi connectivity index (χ1v) is 5.79. The van der Waals surface area contributed by atoms with Crippen LogP contribution in [0.4, 0.5) is 4.39 Å². The van der Waals surface area contributed by atoms with Gasteiger partial charge < -0.3 is 4.57 Å². The van der Waals surface area contributed by atoms with Crippen LogP contribution in [-0.2, 0) is 6.54 Å². The van der Waals surface area contributed by atoms with E-state index in [-0.39, 0.29) is 5.02 Å². The molecule has 17 heavy (non-hydrogen) atoms. The standard InChI is InChI=1S/C13H10ClFN2/c14-10-4-3-9(8-11(10)15)13-12-2-1-6-17(12)7-5-16-13/h1-4,6,8H,5,7H2. The van der Waals surface area contributed by atoms with Gasteiger partial charge in [-0.15, -0.1) is 0 Å². The summed E-state index contributed by atoms with van der Waals surface area (Å²) >= 11 is 5.68. The molecule has 0 aliphatic carbocycles. The summed E-state index contributed by atoms with van der Waals surface area (Å²) in [5.74, 6) is -0.407. The van der Waals surface area contributed by atoms with E-state index in [2.05, 4.69) is 9.56 Å². The summed E-state index contributed by atoms with van der Waals surface area (Å²) < 4.78 is 15.6. The quantitative estimate of drug-likeness (QED) is 0.738. The summed E-state index contributed by atoms with van der Waals surface area (Å²) in [5, 5.41) is 0.139. The molecule has 2 aromatic rings. The molecule has 1 aromatic heterocycles. The van der Waals surface area contributed by atoms with E-state index in [9.17, 15) is 4.39 Å². The van der Waals surface area contributed by atoms with Crippen LogP contribution in [0.15, 0.2) is 41.5 Å². The highest BCUT2D eigenvalue weighted by atomic mass is 35.5. The molecule has 2 nitrogen and oxygen atoms in total. The molecular formula is C13H10ClFN2. The molecular weight excluding hydrogens is 239 g/mol. The Balaban J connectivity index is 2.10. The van der Waals surface area contributed by atoms with E-state index in [0.29, 0.717) is 0 Å². The first kappa shape index (κ1) is 10.5.